The Hall–Kier alpha value is -3.88. The van der Waals surface area contributed by atoms with E-state index in [1.165, 1.54) is 28.6 Å². The van der Waals surface area contributed by atoms with Crippen LogP contribution in [0.4, 0.5) is 14.5 Å². The van der Waals surface area contributed by atoms with E-state index in [1.807, 2.05) is 60.7 Å². The van der Waals surface area contributed by atoms with Gasteiger partial charge in [0.05, 0.1) is 10.6 Å². The van der Waals surface area contributed by atoms with Crippen LogP contribution in [0.1, 0.15) is 21.5 Å². The molecule has 0 aliphatic carbocycles. The van der Waals surface area contributed by atoms with E-state index in [4.69, 9.17) is 0 Å². The molecule has 0 atom stereocenters. The largest absolute Gasteiger partial charge is 0.319 e. The number of amides is 1. The maximum Gasteiger partial charge on any atom is 0.255 e. The molecule has 0 saturated heterocycles. The lowest BCUT2D eigenvalue weighted by Gasteiger charge is -2.23. The van der Waals surface area contributed by atoms with Gasteiger partial charge in [-0.15, -0.1) is 0 Å². The van der Waals surface area contributed by atoms with Crippen LogP contribution in [0.3, 0.4) is 0 Å². The molecule has 178 valence electrons. The number of nitrogens with one attached hydrogen (secondary N) is 1. The molecule has 0 radical (unpaired) electrons. The van der Waals surface area contributed by atoms with Crippen LogP contribution in [0.2, 0.25) is 0 Å². The van der Waals surface area contributed by atoms with Crippen molar-refractivity contribution in [1.29, 1.82) is 0 Å². The van der Waals surface area contributed by atoms with Crippen molar-refractivity contribution in [2.45, 2.75) is 18.0 Å². The van der Waals surface area contributed by atoms with Gasteiger partial charge in [0.1, 0.15) is 11.6 Å². The fraction of sp³-hybridized carbons (Fsp3) is 0.0741. The van der Waals surface area contributed by atoms with Gasteiger partial charge < -0.3 is 5.32 Å². The van der Waals surface area contributed by atoms with Crippen molar-refractivity contribution < 1.29 is 22.0 Å². The van der Waals surface area contributed by atoms with E-state index in [9.17, 15) is 22.0 Å². The summed E-state index contributed by atoms with van der Waals surface area (Å²) in [6, 6.07) is 26.4. The minimum Gasteiger partial charge on any atom is -0.319 e. The Labute approximate surface area is 202 Å². The Bertz CT molecular complexity index is 1370. The third-order valence-electron chi connectivity index (χ3n) is 5.34. The molecule has 8 heteroatoms. The van der Waals surface area contributed by atoms with Crippen LogP contribution in [0, 0.1) is 11.6 Å². The molecule has 4 rings (SSSR count). The molecule has 1 N–H and O–H groups in total. The smallest absolute Gasteiger partial charge is 0.255 e. The minimum atomic E-state index is -4.08. The van der Waals surface area contributed by atoms with Crippen molar-refractivity contribution in [3.8, 4) is 0 Å². The molecule has 0 unspecified atom stereocenters. The Kier molecular flexibility index (Phi) is 7.33. The van der Waals surface area contributed by atoms with Gasteiger partial charge in [0, 0.05) is 18.7 Å². The number of sulfonamides is 1. The lowest BCUT2D eigenvalue weighted by molar-refractivity contribution is 0.102. The van der Waals surface area contributed by atoms with Gasteiger partial charge in [0.25, 0.3) is 5.91 Å². The van der Waals surface area contributed by atoms with Crippen LogP contribution in [0.15, 0.2) is 108 Å². The number of rotatable bonds is 8. The van der Waals surface area contributed by atoms with Gasteiger partial charge in [-0.05, 0) is 53.6 Å². The molecule has 5 nitrogen and oxygen atoms in total. The minimum absolute atomic E-state index is 0.0999. The Morgan fingerprint density at radius 2 is 1.29 bits per heavy atom. The normalized spacial score (nSPS) is 11.4. The van der Waals surface area contributed by atoms with Crippen molar-refractivity contribution in [2.24, 2.45) is 0 Å². The molecule has 35 heavy (non-hydrogen) atoms. The summed E-state index contributed by atoms with van der Waals surface area (Å²) in [4.78, 5) is 12.1. The summed E-state index contributed by atoms with van der Waals surface area (Å²) in [7, 11) is -4.08. The topological polar surface area (TPSA) is 66.5 Å². The Balaban J connectivity index is 1.60. The molecule has 4 aromatic rings. The van der Waals surface area contributed by atoms with Crippen LogP contribution in [0.5, 0.6) is 0 Å². The number of halogens is 2. The van der Waals surface area contributed by atoms with Crippen molar-refractivity contribution in [2.75, 3.05) is 5.32 Å². The van der Waals surface area contributed by atoms with Crippen LogP contribution >= 0.6 is 0 Å². The average Bonchev–Trinajstić information content (AvgIpc) is 2.86. The first kappa shape index (κ1) is 24.3. The molecule has 0 heterocycles. The Morgan fingerprint density at radius 1 is 0.743 bits per heavy atom. The van der Waals surface area contributed by atoms with Crippen molar-refractivity contribution in [1.82, 2.24) is 4.31 Å². The van der Waals surface area contributed by atoms with E-state index >= 15 is 0 Å². The first-order chi connectivity index (χ1) is 16.8. The fourth-order valence-electron chi connectivity index (χ4n) is 3.50. The van der Waals surface area contributed by atoms with E-state index in [2.05, 4.69) is 5.32 Å². The predicted molar refractivity (Wildman–Crippen MR) is 130 cm³/mol. The van der Waals surface area contributed by atoms with Gasteiger partial charge >= 0.3 is 0 Å². The second kappa shape index (κ2) is 10.6. The van der Waals surface area contributed by atoms with Gasteiger partial charge in [0.15, 0.2) is 0 Å². The number of benzene rings is 4. The van der Waals surface area contributed by atoms with E-state index in [0.717, 1.165) is 29.3 Å². The van der Waals surface area contributed by atoms with Crippen LogP contribution in [-0.2, 0) is 23.1 Å². The zero-order valence-corrected chi connectivity index (χ0v) is 19.4. The highest BCUT2D eigenvalue weighted by Gasteiger charge is 2.26. The number of nitrogens with zero attached hydrogens (tertiary/aromatic N) is 1. The first-order valence-corrected chi connectivity index (χ1v) is 12.2. The first-order valence-electron chi connectivity index (χ1n) is 10.8. The summed E-state index contributed by atoms with van der Waals surface area (Å²) in [6.45, 7) is 0.200. The summed E-state index contributed by atoms with van der Waals surface area (Å²) in [5.41, 5.74) is 1.53. The molecular formula is C27H22F2N2O3S. The van der Waals surface area contributed by atoms with Crippen LogP contribution < -0.4 is 5.32 Å². The van der Waals surface area contributed by atoms with Gasteiger partial charge in [-0.1, -0.05) is 60.7 Å². The van der Waals surface area contributed by atoms with Gasteiger partial charge in [-0.3, -0.25) is 4.79 Å². The average molecular weight is 493 g/mol. The monoisotopic (exact) mass is 492 g/mol. The number of hydrogen-bond donors (Lipinski definition) is 1. The second-order valence-corrected chi connectivity index (χ2v) is 9.78. The molecule has 1 amide bonds. The molecule has 0 fully saturated rings. The number of anilines is 1. The number of carbonyl (C=O) groups is 1. The standard InChI is InChI=1S/C27H22F2N2O3S/c28-23-13-11-22(12-14-23)27(32)30-26-16-15-24(17-25(26)29)35(33,34)31(18-20-7-3-1-4-8-20)19-21-9-5-2-6-10-21/h1-17H,18-19H2,(H,30,32). The summed E-state index contributed by atoms with van der Waals surface area (Å²) < 4.78 is 56.3. The second-order valence-electron chi connectivity index (χ2n) is 7.85. The molecule has 0 aromatic heterocycles. The third-order valence-corrected chi connectivity index (χ3v) is 7.12. The molecule has 0 aliphatic heterocycles. The summed E-state index contributed by atoms with van der Waals surface area (Å²) in [6.07, 6.45) is 0. The fourth-order valence-corrected chi connectivity index (χ4v) is 4.93. The zero-order valence-electron chi connectivity index (χ0n) is 18.6. The third kappa shape index (κ3) is 5.98. The highest BCUT2D eigenvalue weighted by Crippen LogP contribution is 2.25. The van der Waals surface area contributed by atoms with E-state index in [0.29, 0.717) is 0 Å². The van der Waals surface area contributed by atoms with Gasteiger partial charge in [-0.2, -0.15) is 4.31 Å². The van der Waals surface area contributed by atoms with Crippen LogP contribution in [-0.4, -0.2) is 18.6 Å². The molecule has 0 bridgehead atoms. The highest BCUT2D eigenvalue weighted by atomic mass is 32.2. The van der Waals surface area contributed by atoms with Gasteiger partial charge in [-0.25, -0.2) is 17.2 Å². The molecule has 4 aromatic carbocycles. The van der Waals surface area contributed by atoms with Crippen molar-refractivity contribution >= 4 is 21.6 Å². The molecule has 0 spiro atoms. The Morgan fingerprint density at radius 3 is 1.80 bits per heavy atom. The van der Waals surface area contributed by atoms with E-state index < -0.39 is 27.6 Å². The SMILES string of the molecule is O=C(Nc1ccc(S(=O)(=O)N(Cc2ccccc2)Cc2ccccc2)cc1F)c1ccc(F)cc1. The summed E-state index contributed by atoms with van der Waals surface area (Å²) in [5.74, 6) is -2.05. The lowest BCUT2D eigenvalue weighted by Crippen LogP contribution is -2.30. The molecular weight excluding hydrogens is 470 g/mol. The number of carbonyl (C=O) groups excluding carboxylic acids is 1. The maximum absolute atomic E-state index is 14.9. The number of hydrogen-bond acceptors (Lipinski definition) is 3. The summed E-state index contributed by atoms with van der Waals surface area (Å²) >= 11 is 0. The summed E-state index contributed by atoms with van der Waals surface area (Å²) in [5, 5.41) is 2.39. The van der Waals surface area contributed by atoms with Crippen molar-refractivity contribution in [3.63, 3.8) is 0 Å². The van der Waals surface area contributed by atoms with E-state index in [1.54, 1.807) is 0 Å². The highest BCUT2D eigenvalue weighted by molar-refractivity contribution is 7.89. The zero-order chi connectivity index (χ0) is 24.8. The predicted octanol–water partition coefficient (Wildman–Crippen LogP) is 5.61. The molecule has 0 saturated carbocycles. The maximum atomic E-state index is 14.9. The van der Waals surface area contributed by atoms with Crippen LogP contribution in [0.25, 0.3) is 0 Å². The van der Waals surface area contributed by atoms with E-state index in [-0.39, 0.29) is 29.2 Å². The van der Waals surface area contributed by atoms with Crippen molar-refractivity contribution in [3.05, 3.63) is 131 Å². The van der Waals surface area contributed by atoms with Gasteiger partial charge in [0.2, 0.25) is 10.0 Å². The molecule has 0 aliphatic rings. The lowest BCUT2D eigenvalue weighted by atomic mass is 10.2. The quantitative estimate of drug-likeness (QED) is 0.348.